The van der Waals surface area contributed by atoms with Crippen LogP contribution >= 0.6 is 0 Å². The standard InChI is InChI=1S/C17H28N2O3/c1-5-6-7-10-14(20)19-17(11-8-9-12-17)13-18-15(21)22-16(2,3)4/h5-7,10H,8-9,11-13H2,1-4H3,(H,18,21)(H,19,20)/b6-5+,10-7+. The van der Waals surface area contributed by atoms with Gasteiger partial charge in [-0.15, -0.1) is 0 Å². The molecule has 0 atom stereocenters. The van der Waals surface area contributed by atoms with Gasteiger partial charge in [0.2, 0.25) is 5.91 Å². The van der Waals surface area contributed by atoms with Crippen molar-refractivity contribution < 1.29 is 14.3 Å². The summed E-state index contributed by atoms with van der Waals surface area (Å²) < 4.78 is 5.24. The number of carbonyl (C=O) groups excluding carboxylic acids is 2. The van der Waals surface area contributed by atoms with Crippen molar-refractivity contribution in [2.45, 2.75) is 64.5 Å². The first-order chi connectivity index (χ1) is 10.3. The van der Waals surface area contributed by atoms with Crippen molar-refractivity contribution >= 4 is 12.0 Å². The van der Waals surface area contributed by atoms with Gasteiger partial charge in [-0.2, -0.15) is 0 Å². The molecule has 0 heterocycles. The molecule has 0 unspecified atom stereocenters. The highest BCUT2D eigenvalue weighted by molar-refractivity contribution is 5.88. The molecule has 2 amide bonds. The van der Waals surface area contributed by atoms with Crippen molar-refractivity contribution in [2.75, 3.05) is 6.54 Å². The molecule has 1 rings (SSSR count). The first-order valence-corrected chi connectivity index (χ1v) is 7.85. The lowest BCUT2D eigenvalue weighted by atomic mass is 9.97. The second-order valence-electron chi connectivity index (χ2n) is 6.72. The third kappa shape index (κ3) is 6.78. The molecule has 0 aromatic rings. The molecule has 0 aromatic carbocycles. The van der Waals surface area contributed by atoms with E-state index in [1.807, 2.05) is 33.8 Å². The van der Waals surface area contributed by atoms with Crippen LogP contribution in [0, 0.1) is 0 Å². The zero-order chi connectivity index (χ0) is 16.6. The van der Waals surface area contributed by atoms with Crippen LogP contribution in [0.5, 0.6) is 0 Å². The maximum Gasteiger partial charge on any atom is 0.407 e. The van der Waals surface area contributed by atoms with Crippen LogP contribution in [-0.2, 0) is 9.53 Å². The third-order valence-electron chi connectivity index (χ3n) is 3.47. The zero-order valence-electron chi connectivity index (χ0n) is 14.1. The van der Waals surface area contributed by atoms with Gasteiger partial charge >= 0.3 is 6.09 Å². The van der Waals surface area contributed by atoms with E-state index in [1.54, 1.807) is 12.2 Å². The van der Waals surface area contributed by atoms with Gasteiger partial charge in [-0.05, 0) is 40.5 Å². The Balaban J connectivity index is 2.57. The van der Waals surface area contributed by atoms with Crippen LogP contribution in [0.4, 0.5) is 4.79 Å². The highest BCUT2D eigenvalue weighted by atomic mass is 16.6. The van der Waals surface area contributed by atoms with E-state index in [0.717, 1.165) is 25.7 Å². The molecule has 1 fully saturated rings. The largest absolute Gasteiger partial charge is 0.444 e. The molecular formula is C17H28N2O3. The Hall–Kier alpha value is -1.78. The van der Waals surface area contributed by atoms with Crippen molar-refractivity contribution in [3.63, 3.8) is 0 Å². The molecule has 124 valence electrons. The third-order valence-corrected chi connectivity index (χ3v) is 3.47. The average Bonchev–Trinajstić information content (AvgIpc) is 2.84. The van der Waals surface area contributed by atoms with Crippen LogP contribution < -0.4 is 10.6 Å². The Bertz CT molecular complexity index is 441. The summed E-state index contributed by atoms with van der Waals surface area (Å²) in [5, 5.41) is 5.82. The lowest BCUT2D eigenvalue weighted by Gasteiger charge is -2.30. The molecule has 0 radical (unpaired) electrons. The summed E-state index contributed by atoms with van der Waals surface area (Å²) in [6.45, 7) is 7.76. The van der Waals surface area contributed by atoms with E-state index >= 15 is 0 Å². The summed E-state index contributed by atoms with van der Waals surface area (Å²) >= 11 is 0. The van der Waals surface area contributed by atoms with Crippen molar-refractivity contribution in [3.05, 3.63) is 24.3 Å². The van der Waals surface area contributed by atoms with Crippen LogP contribution in [-0.4, -0.2) is 29.7 Å². The van der Waals surface area contributed by atoms with Gasteiger partial charge < -0.3 is 15.4 Å². The van der Waals surface area contributed by atoms with Gasteiger partial charge in [0.1, 0.15) is 5.60 Å². The number of carbonyl (C=O) groups is 2. The van der Waals surface area contributed by atoms with Gasteiger partial charge in [0, 0.05) is 12.6 Å². The molecule has 2 N–H and O–H groups in total. The molecule has 0 bridgehead atoms. The second kappa shape index (κ2) is 8.01. The Labute approximate surface area is 133 Å². The smallest absolute Gasteiger partial charge is 0.407 e. The number of ether oxygens (including phenoxy) is 1. The van der Waals surface area contributed by atoms with Gasteiger partial charge in [-0.25, -0.2) is 4.79 Å². The summed E-state index contributed by atoms with van der Waals surface area (Å²) in [4.78, 5) is 23.8. The molecule has 0 aromatic heterocycles. The van der Waals surface area contributed by atoms with Crippen LogP contribution in [0.25, 0.3) is 0 Å². The summed E-state index contributed by atoms with van der Waals surface area (Å²) in [6.07, 6.45) is 10.3. The van der Waals surface area contributed by atoms with Crippen molar-refractivity contribution in [1.82, 2.24) is 10.6 Å². The molecule has 0 aliphatic heterocycles. The van der Waals surface area contributed by atoms with Crippen molar-refractivity contribution in [3.8, 4) is 0 Å². The maximum atomic E-state index is 12.0. The number of hydrogen-bond donors (Lipinski definition) is 2. The fourth-order valence-electron chi connectivity index (χ4n) is 2.51. The number of nitrogens with one attached hydrogen (secondary N) is 2. The minimum absolute atomic E-state index is 0.133. The monoisotopic (exact) mass is 308 g/mol. The number of allylic oxidation sites excluding steroid dienone is 3. The van der Waals surface area contributed by atoms with Gasteiger partial charge in [0.05, 0.1) is 5.54 Å². The highest BCUT2D eigenvalue weighted by Crippen LogP contribution is 2.29. The molecule has 5 heteroatoms. The Morgan fingerprint density at radius 1 is 1.18 bits per heavy atom. The van der Waals surface area contributed by atoms with Crippen LogP contribution in [0.1, 0.15) is 53.4 Å². The van der Waals surface area contributed by atoms with Gasteiger partial charge in [0.25, 0.3) is 0 Å². The second-order valence-corrected chi connectivity index (χ2v) is 6.72. The number of alkyl carbamates (subject to hydrolysis) is 1. The van der Waals surface area contributed by atoms with E-state index in [9.17, 15) is 9.59 Å². The van der Waals surface area contributed by atoms with Gasteiger partial charge in [-0.3, -0.25) is 4.79 Å². The SMILES string of the molecule is C/C=C/C=C/C(=O)NC1(CNC(=O)OC(C)(C)C)CCCC1. The average molecular weight is 308 g/mol. The summed E-state index contributed by atoms with van der Waals surface area (Å²) in [5.74, 6) is -0.133. The summed E-state index contributed by atoms with van der Waals surface area (Å²) in [6, 6.07) is 0. The van der Waals surface area contributed by atoms with Gasteiger partial charge in [-0.1, -0.05) is 31.1 Å². The molecule has 5 nitrogen and oxygen atoms in total. The van der Waals surface area contributed by atoms with E-state index < -0.39 is 11.7 Å². The molecule has 1 aliphatic rings. The Kier molecular flexibility index (Phi) is 6.65. The van der Waals surface area contributed by atoms with Crippen LogP contribution in [0.3, 0.4) is 0 Å². The fourth-order valence-corrected chi connectivity index (χ4v) is 2.51. The van der Waals surface area contributed by atoms with E-state index in [1.165, 1.54) is 6.08 Å². The minimum atomic E-state index is -0.522. The molecule has 0 saturated heterocycles. The maximum absolute atomic E-state index is 12.0. The minimum Gasteiger partial charge on any atom is -0.444 e. The lowest BCUT2D eigenvalue weighted by Crippen LogP contribution is -2.54. The van der Waals surface area contributed by atoms with Crippen molar-refractivity contribution in [1.29, 1.82) is 0 Å². The highest BCUT2D eigenvalue weighted by Gasteiger charge is 2.35. The normalized spacial score (nSPS) is 17.8. The predicted molar refractivity (Wildman–Crippen MR) is 87.5 cm³/mol. The quantitative estimate of drug-likeness (QED) is 0.606. The Morgan fingerprint density at radius 2 is 1.82 bits per heavy atom. The molecule has 1 saturated carbocycles. The van der Waals surface area contributed by atoms with E-state index in [0.29, 0.717) is 6.54 Å². The van der Waals surface area contributed by atoms with Crippen LogP contribution in [0.2, 0.25) is 0 Å². The molecule has 22 heavy (non-hydrogen) atoms. The number of amides is 2. The van der Waals surface area contributed by atoms with E-state index in [-0.39, 0.29) is 11.4 Å². The predicted octanol–water partition coefficient (Wildman–Crippen LogP) is 3.07. The summed E-state index contributed by atoms with van der Waals surface area (Å²) in [7, 11) is 0. The zero-order valence-corrected chi connectivity index (χ0v) is 14.1. The Morgan fingerprint density at radius 3 is 2.36 bits per heavy atom. The number of hydrogen-bond acceptors (Lipinski definition) is 3. The molecule has 1 aliphatic carbocycles. The fraction of sp³-hybridized carbons (Fsp3) is 0.647. The summed E-state index contributed by atoms with van der Waals surface area (Å²) in [5.41, 5.74) is -0.889. The lowest BCUT2D eigenvalue weighted by molar-refractivity contribution is -0.118. The first kappa shape index (κ1) is 18.3. The van der Waals surface area contributed by atoms with E-state index in [2.05, 4.69) is 10.6 Å². The van der Waals surface area contributed by atoms with Gasteiger partial charge in [0.15, 0.2) is 0 Å². The molecule has 0 spiro atoms. The molecular weight excluding hydrogens is 280 g/mol. The topological polar surface area (TPSA) is 67.4 Å². The number of rotatable bonds is 5. The van der Waals surface area contributed by atoms with E-state index in [4.69, 9.17) is 4.74 Å². The first-order valence-electron chi connectivity index (χ1n) is 7.85. The van der Waals surface area contributed by atoms with Crippen LogP contribution in [0.15, 0.2) is 24.3 Å². The van der Waals surface area contributed by atoms with Crippen molar-refractivity contribution in [2.24, 2.45) is 0 Å².